The van der Waals surface area contributed by atoms with Crippen LogP contribution >= 0.6 is 12.4 Å². The number of hydrogen-bond acceptors (Lipinski definition) is 4. The SMILES string of the molecule is CC(C)(C)[C@H](N)C(=O)N1CCC(NC(=O)c2ccc(C#N)cc2)CC1.Cl. The van der Waals surface area contributed by atoms with Gasteiger partial charge in [0.2, 0.25) is 5.91 Å². The van der Waals surface area contributed by atoms with Gasteiger partial charge in [0.25, 0.3) is 5.91 Å². The average molecular weight is 379 g/mol. The highest BCUT2D eigenvalue weighted by Gasteiger charge is 2.33. The molecule has 0 bridgehead atoms. The maximum Gasteiger partial charge on any atom is 0.251 e. The summed E-state index contributed by atoms with van der Waals surface area (Å²) in [6.07, 6.45) is 1.43. The lowest BCUT2D eigenvalue weighted by Gasteiger charge is -2.36. The number of hydrogen-bond donors (Lipinski definition) is 2. The zero-order valence-electron chi connectivity index (χ0n) is 15.5. The zero-order chi connectivity index (χ0) is 18.6. The third-order valence-corrected chi connectivity index (χ3v) is 4.62. The molecule has 142 valence electrons. The second-order valence-corrected chi connectivity index (χ2v) is 7.61. The number of carbonyl (C=O) groups excluding carboxylic acids is 2. The Hall–Kier alpha value is -2.10. The number of piperidine rings is 1. The molecule has 26 heavy (non-hydrogen) atoms. The van der Waals surface area contributed by atoms with Gasteiger partial charge in [-0.3, -0.25) is 9.59 Å². The topological polar surface area (TPSA) is 99.2 Å². The van der Waals surface area contributed by atoms with E-state index in [0.717, 1.165) is 0 Å². The van der Waals surface area contributed by atoms with Crippen molar-refractivity contribution in [2.24, 2.45) is 11.1 Å². The molecule has 0 spiro atoms. The lowest BCUT2D eigenvalue weighted by molar-refractivity contribution is -0.136. The van der Waals surface area contributed by atoms with E-state index >= 15 is 0 Å². The van der Waals surface area contributed by atoms with Crippen LogP contribution in [0.3, 0.4) is 0 Å². The highest BCUT2D eigenvalue weighted by atomic mass is 35.5. The molecule has 7 heteroatoms. The summed E-state index contributed by atoms with van der Waals surface area (Å²) in [5.74, 6) is -0.176. The minimum Gasteiger partial charge on any atom is -0.349 e. The molecule has 1 atom stereocenters. The van der Waals surface area contributed by atoms with Crippen molar-refractivity contribution in [3.8, 4) is 6.07 Å². The zero-order valence-corrected chi connectivity index (χ0v) is 16.3. The van der Waals surface area contributed by atoms with Crippen molar-refractivity contribution in [2.45, 2.75) is 45.7 Å². The smallest absolute Gasteiger partial charge is 0.251 e. The van der Waals surface area contributed by atoms with Gasteiger partial charge in [0.05, 0.1) is 17.7 Å². The van der Waals surface area contributed by atoms with Crippen molar-refractivity contribution in [2.75, 3.05) is 13.1 Å². The Bertz CT molecular complexity index is 668. The van der Waals surface area contributed by atoms with Crippen LogP contribution in [0, 0.1) is 16.7 Å². The van der Waals surface area contributed by atoms with Crippen LogP contribution in [-0.2, 0) is 4.79 Å². The molecule has 2 rings (SSSR count). The molecule has 1 saturated heterocycles. The van der Waals surface area contributed by atoms with E-state index in [1.165, 1.54) is 0 Å². The van der Waals surface area contributed by atoms with Crippen LogP contribution in [0.15, 0.2) is 24.3 Å². The molecule has 6 nitrogen and oxygen atoms in total. The van der Waals surface area contributed by atoms with Crippen LogP contribution < -0.4 is 11.1 Å². The molecule has 1 aliphatic heterocycles. The summed E-state index contributed by atoms with van der Waals surface area (Å²) in [6.45, 7) is 7.07. The first-order valence-corrected chi connectivity index (χ1v) is 8.58. The lowest BCUT2D eigenvalue weighted by Crippen LogP contribution is -2.54. The summed E-state index contributed by atoms with van der Waals surface area (Å²) in [4.78, 5) is 26.5. The second-order valence-electron chi connectivity index (χ2n) is 7.61. The second kappa shape index (κ2) is 9.02. The molecule has 2 amide bonds. The molecule has 1 fully saturated rings. The molecule has 0 saturated carbocycles. The summed E-state index contributed by atoms with van der Waals surface area (Å²) in [7, 11) is 0. The van der Waals surface area contributed by atoms with E-state index in [1.54, 1.807) is 29.2 Å². The van der Waals surface area contributed by atoms with Gasteiger partial charge >= 0.3 is 0 Å². The van der Waals surface area contributed by atoms with Crippen LogP contribution in [-0.4, -0.2) is 41.9 Å². The summed E-state index contributed by atoms with van der Waals surface area (Å²) in [6, 6.07) is 8.11. The van der Waals surface area contributed by atoms with E-state index in [9.17, 15) is 9.59 Å². The fourth-order valence-corrected chi connectivity index (χ4v) is 2.78. The first-order chi connectivity index (χ1) is 11.7. The van der Waals surface area contributed by atoms with E-state index in [2.05, 4.69) is 5.32 Å². The van der Waals surface area contributed by atoms with E-state index in [-0.39, 0.29) is 35.7 Å². The van der Waals surface area contributed by atoms with Crippen molar-refractivity contribution in [3.63, 3.8) is 0 Å². The van der Waals surface area contributed by atoms with Crippen molar-refractivity contribution in [1.82, 2.24) is 10.2 Å². The highest BCUT2D eigenvalue weighted by molar-refractivity contribution is 5.94. The lowest BCUT2D eigenvalue weighted by atomic mass is 9.86. The Kier molecular flexibility index (Phi) is 7.61. The van der Waals surface area contributed by atoms with Gasteiger partial charge < -0.3 is 16.0 Å². The number of carbonyl (C=O) groups is 2. The summed E-state index contributed by atoms with van der Waals surface area (Å²) in [5.41, 5.74) is 6.85. The van der Waals surface area contributed by atoms with Gasteiger partial charge in [0, 0.05) is 24.7 Å². The summed E-state index contributed by atoms with van der Waals surface area (Å²) >= 11 is 0. The first-order valence-electron chi connectivity index (χ1n) is 8.58. The summed E-state index contributed by atoms with van der Waals surface area (Å²) < 4.78 is 0. The normalized spacial score (nSPS) is 16.2. The molecule has 1 aliphatic rings. The van der Waals surface area contributed by atoms with Gasteiger partial charge in [-0.15, -0.1) is 12.4 Å². The fraction of sp³-hybridized carbons (Fsp3) is 0.526. The molecule has 1 aromatic rings. The molecular formula is C19H27ClN4O2. The number of likely N-dealkylation sites (tertiary alicyclic amines) is 1. The van der Waals surface area contributed by atoms with E-state index < -0.39 is 6.04 Å². The van der Waals surface area contributed by atoms with Crippen LogP contribution in [0.2, 0.25) is 0 Å². The standard InChI is InChI=1S/C19H26N4O2.ClH/c1-19(2,3)16(21)18(25)23-10-8-15(9-11-23)22-17(24)14-6-4-13(12-20)5-7-14;/h4-7,15-16H,8-11,21H2,1-3H3,(H,22,24);1H/t16-;/m1./s1. The fourth-order valence-electron chi connectivity index (χ4n) is 2.78. The molecule has 0 aromatic heterocycles. The molecule has 0 radical (unpaired) electrons. The molecule has 3 N–H and O–H groups in total. The largest absolute Gasteiger partial charge is 0.349 e. The Morgan fingerprint density at radius 1 is 1.23 bits per heavy atom. The van der Waals surface area contributed by atoms with E-state index in [1.807, 2.05) is 26.8 Å². The van der Waals surface area contributed by atoms with Gasteiger partial charge in [-0.1, -0.05) is 20.8 Å². The average Bonchev–Trinajstić information content (AvgIpc) is 2.60. The highest BCUT2D eigenvalue weighted by Crippen LogP contribution is 2.21. The van der Waals surface area contributed by atoms with Crippen LogP contribution in [0.4, 0.5) is 0 Å². The number of benzene rings is 1. The van der Waals surface area contributed by atoms with Crippen molar-refractivity contribution >= 4 is 24.2 Å². The van der Waals surface area contributed by atoms with E-state index in [0.29, 0.717) is 37.1 Å². The number of halogens is 1. The summed E-state index contributed by atoms with van der Waals surface area (Å²) in [5, 5.41) is 11.8. The molecule has 0 aliphatic carbocycles. The predicted molar refractivity (Wildman–Crippen MR) is 103 cm³/mol. The van der Waals surface area contributed by atoms with Gasteiger partial charge in [-0.05, 0) is 42.5 Å². The predicted octanol–water partition coefficient (Wildman–Crippen LogP) is 2.07. The Morgan fingerprint density at radius 2 is 1.77 bits per heavy atom. The van der Waals surface area contributed by atoms with Gasteiger partial charge in [-0.2, -0.15) is 5.26 Å². The quantitative estimate of drug-likeness (QED) is 0.840. The number of nitrogens with two attached hydrogens (primary N) is 1. The number of nitrogens with one attached hydrogen (secondary N) is 1. The Balaban J connectivity index is 0.00000338. The maximum atomic E-state index is 12.4. The number of rotatable bonds is 3. The van der Waals surface area contributed by atoms with Gasteiger partial charge in [-0.25, -0.2) is 0 Å². The van der Waals surface area contributed by atoms with E-state index in [4.69, 9.17) is 11.0 Å². The third kappa shape index (κ3) is 5.45. The molecular weight excluding hydrogens is 352 g/mol. The van der Waals surface area contributed by atoms with Gasteiger partial charge in [0.15, 0.2) is 0 Å². The number of nitrogens with zero attached hydrogens (tertiary/aromatic N) is 2. The molecule has 1 heterocycles. The van der Waals surface area contributed by atoms with Crippen molar-refractivity contribution in [3.05, 3.63) is 35.4 Å². The number of amides is 2. The van der Waals surface area contributed by atoms with Crippen LogP contribution in [0.25, 0.3) is 0 Å². The number of nitriles is 1. The minimum absolute atomic E-state index is 0. The van der Waals surface area contributed by atoms with Crippen molar-refractivity contribution < 1.29 is 9.59 Å². The third-order valence-electron chi connectivity index (χ3n) is 4.62. The molecule has 0 unspecified atom stereocenters. The van der Waals surface area contributed by atoms with Crippen LogP contribution in [0.1, 0.15) is 49.5 Å². The monoisotopic (exact) mass is 378 g/mol. The van der Waals surface area contributed by atoms with Crippen molar-refractivity contribution in [1.29, 1.82) is 5.26 Å². The van der Waals surface area contributed by atoms with Gasteiger partial charge in [0.1, 0.15) is 0 Å². The first kappa shape index (κ1) is 21.9. The van der Waals surface area contributed by atoms with Crippen LogP contribution in [0.5, 0.6) is 0 Å². The Labute approximate surface area is 161 Å². The minimum atomic E-state index is -0.516. The molecule has 1 aromatic carbocycles. The Morgan fingerprint density at radius 3 is 2.23 bits per heavy atom. The maximum absolute atomic E-state index is 12.4.